The summed E-state index contributed by atoms with van der Waals surface area (Å²) < 4.78 is 0. The van der Waals surface area contributed by atoms with Crippen molar-refractivity contribution in [1.29, 1.82) is 0 Å². The second-order valence-corrected chi connectivity index (χ2v) is 11.2. The van der Waals surface area contributed by atoms with Gasteiger partial charge < -0.3 is 4.90 Å². The maximum atomic E-state index is 14.7. The molecule has 4 aromatic carbocycles. The van der Waals surface area contributed by atoms with E-state index in [1.807, 2.05) is 65.6 Å². The van der Waals surface area contributed by atoms with E-state index in [0.717, 1.165) is 28.1 Å². The van der Waals surface area contributed by atoms with Crippen LogP contribution < -0.4 is 0 Å². The van der Waals surface area contributed by atoms with Crippen LogP contribution in [0.4, 0.5) is 0 Å². The van der Waals surface area contributed by atoms with Crippen molar-refractivity contribution >= 4 is 23.4 Å². The van der Waals surface area contributed by atoms with Crippen LogP contribution in [0.1, 0.15) is 36.1 Å². The Labute approximate surface area is 230 Å². The molecule has 0 saturated heterocycles. The van der Waals surface area contributed by atoms with Crippen molar-refractivity contribution in [2.24, 2.45) is 5.41 Å². The molecule has 1 heterocycles. The zero-order chi connectivity index (χ0) is 26.4. The average Bonchev–Trinajstić information content (AvgIpc) is 3.25. The molecule has 0 spiro atoms. The molecule has 2 nitrogen and oxygen atoms in total. The fraction of sp³-hybridized carbons (Fsp3) is 0.171. The number of carbonyl (C=O) groups excluding carboxylic acids is 1. The maximum Gasteiger partial charge on any atom is 0.242 e. The topological polar surface area (TPSA) is 20.3 Å². The molecule has 1 unspecified atom stereocenters. The van der Waals surface area contributed by atoms with Gasteiger partial charge in [0.05, 0.1) is 11.0 Å². The van der Waals surface area contributed by atoms with Crippen LogP contribution in [0, 0.1) is 5.41 Å². The summed E-state index contributed by atoms with van der Waals surface area (Å²) in [5, 5.41) is 2.12. The van der Waals surface area contributed by atoms with Gasteiger partial charge in [-0.1, -0.05) is 127 Å². The van der Waals surface area contributed by atoms with E-state index in [1.165, 1.54) is 5.56 Å². The third-order valence-corrected chi connectivity index (χ3v) is 8.07. The largest absolute Gasteiger partial charge is 0.301 e. The van der Waals surface area contributed by atoms with Crippen LogP contribution >= 0.6 is 11.8 Å². The molecule has 1 aliphatic rings. The van der Waals surface area contributed by atoms with Crippen molar-refractivity contribution in [3.05, 3.63) is 161 Å². The molecule has 0 saturated carbocycles. The lowest BCUT2D eigenvalue weighted by Gasteiger charge is -2.40. The normalized spacial score (nSPS) is 17.7. The Morgan fingerprint density at radius 1 is 0.737 bits per heavy atom. The van der Waals surface area contributed by atoms with Crippen molar-refractivity contribution in [3.8, 4) is 0 Å². The van der Waals surface area contributed by atoms with Crippen molar-refractivity contribution in [2.75, 3.05) is 0 Å². The van der Waals surface area contributed by atoms with Crippen LogP contribution in [0.15, 0.2) is 139 Å². The first-order valence-electron chi connectivity index (χ1n) is 13.1. The highest BCUT2D eigenvalue weighted by Gasteiger charge is 2.50. The lowest BCUT2D eigenvalue weighted by Crippen LogP contribution is -2.46. The molecule has 190 valence electrons. The molecule has 38 heavy (non-hydrogen) atoms. The Morgan fingerprint density at radius 2 is 1.26 bits per heavy atom. The zero-order valence-corrected chi connectivity index (χ0v) is 22.8. The summed E-state index contributed by atoms with van der Waals surface area (Å²) in [4.78, 5) is 16.7. The number of hydrogen-bond donors (Lipinski definition) is 0. The number of rotatable bonds is 9. The summed E-state index contributed by atoms with van der Waals surface area (Å²) in [6.07, 6.45) is 4.93. The molecule has 0 bridgehead atoms. The van der Waals surface area contributed by atoms with Crippen LogP contribution in [0.5, 0.6) is 0 Å². The Bertz CT molecular complexity index is 1410. The van der Waals surface area contributed by atoms with Crippen LogP contribution in [0.2, 0.25) is 0 Å². The van der Waals surface area contributed by atoms with Crippen LogP contribution in [-0.4, -0.2) is 10.8 Å². The first-order chi connectivity index (χ1) is 18.5. The minimum absolute atomic E-state index is 0.102. The second kappa shape index (κ2) is 11.3. The van der Waals surface area contributed by atoms with Crippen molar-refractivity contribution in [3.63, 3.8) is 0 Å². The predicted molar refractivity (Wildman–Crippen MR) is 160 cm³/mol. The fourth-order valence-electron chi connectivity index (χ4n) is 5.17. The van der Waals surface area contributed by atoms with E-state index in [0.29, 0.717) is 6.42 Å². The van der Waals surface area contributed by atoms with E-state index < -0.39 is 11.0 Å². The molecule has 0 aromatic heterocycles. The van der Waals surface area contributed by atoms with Gasteiger partial charge in [-0.25, -0.2) is 0 Å². The quantitative estimate of drug-likeness (QED) is 0.223. The maximum absolute atomic E-state index is 14.7. The van der Waals surface area contributed by atoms with Crippen molar-refractivity contribution < 1.29 is 4.79 Å². The molecule has 1 aliphatic heterocycles. The van der Waals surface area contributed by atoms with Gasteiger partial charge in [0.1, 0.15) is 0 Å². The molecule has 4 aromatic rings. The molecule has 0 aliphatic carbocycles. The summed E-state index contributed by atoms with van der Waals surface area (Å²) in [5.74, 6) is 0.965. The SMILES string of the molecule is CC(C)(c1ccccc1)N1C(=O)C(/C=C\SCc2ccccc2)(Cc2ccccc2)C=C1c1ccccc1. The van der Waals surface area contributed by atoms with Gasteiger partial charge in [-0.05, 0) is 54.0 Å². The van der Waals surface area contributed by atoms with Crippen LogP contribution in [-0.2, 0) is 22.5 Å². The minimum atomic E-state index is -0.789. The predicted octanol–water partition coefficient (Wildman–Crippen LogP) is 8.48. The molecule has 3 heteroatoms. The second-order valence-electron chi connectivity index (χ2n) is 10.3. The average molecular weight is 516 g/mol. The Balaban J connectivity index is 1.58. The highest BCUT2D eigenvalue weighted by molar-refractivity contribution is 8.01. The number of nitrogens with zero attached hydrogens (tertiary/aromatic N) is 1. The van der Waals surface area contributed by atoms with Gasteiger partial charge in [-0.2, -0.15) is 0 Å². The monoisotopic (exact) mass is 515 g/mol. The van der Waals surface area contributed by atoms with E-state index >= 15 is 0 Å². The first-order valence-corrected chi connectivity index (χ1v) is 14.1. The number of carbonyl (C=O) groups is 1. The lowest BCUT2D eigenvalue weighted by atomic mass is 9.81. The zero-order valence-electron chi connectivity index (χ0n) is 22.0. The number of amides is 1. The Kier molecular flexibility index (Phi) is 7.67. The van der Waals surface area contributed by atoms with Crippen LogP contribution in [0.3, 0.4) is 0 Å². The summed E-state index contributed by atoms with van der Waals surface area (Å²) in [7, 11) is 0. The van der Waals surface area contributed by atoms with Crippen molar-refractivity contribution in [1.82, 2.24) is 4.90 Å². The van der Waals surface area contributed by atoms with E-state index in [1.54, 1.807) is 11.8 Å². The van der Waals surface area contributed by atoms with Gasteiger partial charge in [0.15, 0.2) is 0 Å². The van der Waals surface area contributed by atoms with E-state index in [9.17, 15) is 4.79 Å². The molecular weight excluding hydrogens is 482 g/mol. The molecule has 1 amide bonds. The third-order valence-electron chi connectivity index (χ3n) is 7.24. The molecule has 0 fully saturated rings. The van der Waals surface area contributed by atoms with Crippen molar-refractivity contribution in [2.45, 2.75) is 31.6 Å². The molecule has 5 rings (SSSR count). The van der Waals surface area contributed by atoms with Crippen LogP contribution in [0.25, 0.3) is 5.70 Å². The number of benzene rings is 4. The standard InChI is InChI=1S/C35H33NOS/c1-34(2,31-21-13-6-14-22-31)36-32(30-19-11-5-12-20-30)26-35(33(36)37,25-28-15-7-3-8-16-28)23-24-38-27-29-17-9-4-10-18-29/h3-24,26H,25,27H2,1-2H3/b24-23-. The van der Waals surface area contributed by atoms with Gasteiger partial charge in [0, 0.05) is 11.4 Å². The summed E-state index contributed by atoms with van der Waals surface area (Å²) >= 11 is 1.73. The number of hydrogen-bond acceptors (Lipinski definition) is 2. The molecular formula is C35H33NOS. The smallest absolute Gasteiger partial charge is 0.242 e. The third kappa shape index (κ3) is 5.39. The summed E-state index contributed by atoms with van der Waals surface area (Å²) in [6, 6.07) is 41.4. The van der Waals surface area contributed by atoms with Gasteiger partial charge in [-0.15, -0.1) is 11.8 Å². The Hall–Kier alpha value is -3.82. The Morgan fingerprint density at radius 3 is 1.87 bits per heavy atom. The highest BCUT2D eigenvalue weighted by Crippen LogP contribution is 2.48. The summed E-state index contributed by atoms with van der Waals surface area (Å²) in [6.45, 7) is 4.28. The highest BCUT2D eigenvalue weighted by atomic mass is 32.2. The molecule has 1 atom stereocenters. The first kappa shape index (κ1) is 25.8. The molecule has 0 N–H and O–H groups in total. The van der Waals surface area contributed by atoms with Gasteiger partial charge in [0.25, 0.3) is 0 Å². The van der Waals surface area contributed by atoms with E-state index in [-0.39, 0.29) is 5.91 Å². The lowest BCUT2D eigenvalue weighted by molar-refractivity contribution is -0.136. The fourth-order valence-corrected chi connectivity index (χ4v) is 5.99. The van der Waals surface area contributed by atoms with E-state index in [4.69, 9.17) is 0 Å². The molecule has 0 radical (unpaired) electrons. The van der Waals surface area contributed by atoms with E-state index in [2.05, 4.69) is 92.1 Å². The summed E-state index contributed by atoms with van der Waals surface area (Å²) in [5.41, 5.74) is 4.19. The van der Waals surface area contributed by atoms with Gasteiger partial charge in [0.2, 0.25) is 5.91 Å². The van der Waals surface area contributed by atoms with Gasteiger partial charge >= 0.3 is 0 Å². The number of thioether (sulfide) groups is 1. The van der Waals surface area contributed by atoms with Gasteiger partial charge in [-0.3, -0.25) is 4.79 Å². The minimum Gasteiger partial charge on any atom is -0.301 e.